The van der Waals surface area contributed by atoms with Crippen molar-refractivity contribution >= 4 is 17.9 Å². The van der Waals surface area contributed by atoms with Crippen LogP contribution in [-0.4, -0.2) is 31.0 Å². The van der Waals surface area contributed by atoms with Gasteiger partial charge < -0.3 is 15.2 Å². The summed E-state index contributed by atoms with van der Waals surface area (Å²) in [5.41, 5.74) is 4.24. The predicted molar refractivity (Wildman–Crippen MR) is 115 cm³/mol. The summed E-state index contributed by atoms with van der Waals surface area (Å²) >= 11 is 0. The highest BCUT2D eigenvalue weighted by molar-refractivity contribution is 5.94. The second-order valence-corrected chi connectivity index (χ2v) is 6.35. The van der Waals surface area contributed by atoms with Crippen LogP contribution >= 0.6 is 0 Å². The Hall–Kier alpha value is -3.60. The van der Waals surface area contributed by atoms with E-state index in [1.165, 1.54) is 5.56 Å². The summed E-state index contributed by atoms with van der Waals surface area (Å²) in [7, 11) is 1.71. The third-order valence-corrected chi connectivity index (χ3v) is 4.19. The molecule has 29 heavy (non-hydrogen) atoms. The number of benzene rings is 3. The maximum absolute atomic E-state index is 10.7. The fraction of sp³-hybridized carbons (Fsp3) is 0.167. The second-order valence-electron chi connectivity index (χ2n) is 6.35. The Kier molecular flexibility index (Phi) is 8.45. The van der Waals surface area contributed by atoms with Gasteiger partial charge in [-0.15, -0.1) is 0 Å². The third-order valence-electron chi connectivity index (χ3n) is 4.19. The second kappa shape index (κ2) is 11.3. The van der Waals surface area contributed by atoms with E-state index in [1.54, 1.807) is 19.2 Å². The molecular weight excluding hydrogens is 366 g/mol. The SMILES string of the molecule is CNc1ccc(C)cc1C(=O)O.O=CCOc1ccccc1Cc1ccccc1. The molecule has 150 valence electrons. The van der Waals surface area contributed by atoms with Crippen molar-refractivity contribution in [3.05, 3.63) is 95.1 Å². The quantitative estimate of drug-likeness (QED) is 0.576. The molecule has 0 heterocycles. The van der Waals surface area contributed by atoms with Crippen LogP contribution in [0.25, 0.3) is 0 Å². The Morgan fingerprint density at radius 3 is 2.38 bits per heavy atom. The maximum atomic E-state index is 10.7. The first-order valence-electron chi connectivity index (χ1n) is 9.25. The Bertz CT molecular complexity index is 939. The summed E-state index contributed by atoms with van der Waals surface area (Å²) < 4.78 is 5.39. The van der Waals surface area contributed by atoms with Gasteiger partial charge in [0.15, 0.2) is 6.29 Å². The smallest absolute Gasteiger partial charge is 0.337 e. The van der Waals surface area contributed by atoms with Crippen molar-refractivity contribution < 1.29 is 19.4 Å². The minimum absolute atomic E-state index is 0.103. The number of ether oxygens (including phenoxy) is 1. The molecule has 0 fully saturated rings. The fourth-order valence-corrected chi connectivity index (χ4v) is 2.78. The van der Waals surface area contributed by atoms with E-state index in [1.807, 2.05) is 55.5 Å². The largest absolute Gasteiger partial charge is 0.486 e. The highest BCUT2D eigenvalue weighted by atomic mass is 16.5. The summed E-state index contributed by atoms with van der Waals surface area (Å²) in [5.74, 6) is -0.119. The molecule has 2 N–H and O–H groups in total. The highest BCUT2D eigenvalue weighted by Crippen LogP contribution is 2.21. The molecular formula is C24H25NO4. The number of aldehydes is 1. The van der Waals surface area contributed by atoms with Crippen molar-refractivity contribution in [3.63, 3.8) is 0 Å². The number of carboxylic acids is 1. The molecule has 5 heteroatoms. The first-order chi connectivity index (χ1) is 14.0. The predicted octanol–water partition coefficient (Wildman–Crippen LogP) is 4.59. The molecule has 0 aromatic heterocycles. The monoisotopic (exact) mass is 391 g/mol. The van der Waals surface area contributed by atoms with Gasteiger partial charge in [-0.05, 0) is 36.2 Å². The molecule has 0 radical (unpaired) electrons. The van der Waals surface area contributed by atoms with Crippen molar-refractivity contribution in [1.29, 1.82) is 0 Å². The van der Waals surface area contributed by atoms with Gasteiger partial charge in [0.05, 0.1) is 5.56 Å². The van der Waals surface area contributed by atoms with Crippen LogP contribution < -0.4 is 10.1 Å². The number of para-hydroxylation sites is 1. The van der Waals surface area contributed by atoms with Crippen molar-refractivity contribution in [2.75, 3.05) is 19.0 Å². The lowest BCUT2D eigenvalue weighted by molar-refractivity contribution is -0.109. The van der Waals surface area contributed by atoms with Gasteiger partial charge in [0.25, 0.3) is 0 Å². The number of aryl methyl sites for hydroxylation is 1. The standard InChI is InChI=1S/C15H14O2.C9H11NO2/c16-10-11-17-15-9-5-4-8-14(15)12-13-6-2-1-3-7-13;1-6-3-4-8(10-2)7(5-6)9(11)12/h1-10H,11-12H2;3-5,10H,1-2H3,(H,11,12). The third kappa shape index (κ3) is 6.81. The van der Waals surface area contributed by atoms with E-state index >= 15 is 0 Å². The number of aromatic carboxylic acids is 1. The maximum Gasteiger partial charge on any atom is 0.337 e. The summed E-state index contributed by atoms with van der Waals surface area (Å²) in [6, 6.07) is 23.3. The molecule has 0 aliphatic rings. The molecule has 5 nitrogen and oxygen atoms in total. The normalized spacial score (nSPS) is 9.72. The highest BCUT2D eigenvalue weighted by Gasteiger charge is 2.07. The lowest BCUT2D eigenvalue weighted by Gasteiger charge is -2.09. The first kappa shape index (κ1) is 21.7. The summed E-state index contributed by atoms with van der Waals surface area (Å²) in [6.07, 6.45) is 1.58. The minimum Gasteiger partial charge on any atom is -0.486 e. The number of hydrogen-bond acceptors (Lipinski definition) is 4. The van der Waals surface area contributed by atoms with Crippen molar-refractivity contribution in [2.45, 2.75) is 13.3 Å². The van der Waals surface area contributed by atoms with Gasteiger partial charge in [0.2, 0.25) is 0 Å². The van der Waals surface area contributed by atoms with Crippen LogP contribution in [0.3, 0.4) is 0 Å². The van der Waals surface area contributed by atoms with Crippen molar-refractivity contribution in [2.24, 2.45) is 0 Å². The zero-order valence-electron chi connectivity index (χ0n) is 16.6. The molecule has 3 aromatic rings. The molecule has 0 atom stereocenters. The van der Waals surface area contributed by atoms with E-state index in [4.69, 9.17) is 9.84 Å². The minimum atomic E-state index is -0.900. The zero-order valence-corrected chi connectivity index (χ0v) is 16.6. The molecule has 3 aromatic carbocycles. The molecule has 0 aliphatic carbocycles. The first-order valence-corrected chi connectivity index (χ1v) is 9.25. The van der Waals surface area contributed by atoms with Crippen molar-refractivity contribution in [3.8, 4) is 5.75 Å². The van der Waals surface area contributed by atoms with Gasteiger partial charge >= 0.3 is 5.97 Å². The number of carboxylic acid groups (broad SMARTS) is 1. The topological polar surface area (TPSA) is 75.6 Å². The molecule has 3 rings (SSSR count). The van der Waals surface area contributed by atoms with Crippen LogP contribution in [0, 0.1) is 6.92 Å². The summed E-state index contributed by atoms with van der Waals surface area (Å²) in [4.78, 5) is 21.0. The number of carbonyl (C=O) groups is 2. The Balaban J connectivity index is 0.000000221. The van der Waals surface area contributed by atoms with Crippen LogP contribution in [0.2, 0.25) is 0 Å². The van der Waals surface area contributed by atoms with Crippen LogP contribution in [0.4, 0.5) is 5.69 Å². The number of carbonyl (C=O) groups excluding carboxylic acids is 1. The summed E-state index contributed by atoms with van der Waals surface area (Å²) in [5, 5.41) is 11.6. The molecule has 0 unspecified atom stereocenters. The Morgan fingerprint density at radius 2 is 1.72 bits per heavy atom. The molecule has 0 spiro atoms. The van der Waals surface area contributed by atoms with E-state index in [-0.39, 0.29) is 6.61 Å². The van der Waals surface area contributed by atoms with Gasteiger partial charge in [-0.1, -0.05) is 60.2 Å². The van der Waals surface area contributed by atoms with E-state index in [2.05, 4.69) is 17.4 Å². The van der Waals surface area contributed by atoms with Crippen molar-refractivity contribution in [1.82, 2.24) is 0 Å². The van der Waals surface area contributed by atoms with Crippen LogP contribution in [-0.2, 0) is 11.2 Å². The molecule has 0 saturated carbocycles. The van der Waals surface area contributed by atoms with E-state index in [9.17, 15) is 9.59 Å². The molecule has 0 saturated heterocycles. The van der Waals surface area contributed by atoms with E-state index in [0.29, 0.717) is 11.3 Å². The van der Waals surface area contributed by atoms with Gasteiger partial charge in [-0.3, -0.25) is 4.79 Å². The number of nitrogens with one attached hydrogen (secondary N) is 1. The average molecular weight is 391 g/mol. The van der Waals surface area contributed by atoms with Gasteiger partial charge in [-0.25, -0.2) is 4.79 Å². The zero-order chi connectivity index (χ0) is 21.1. The summed E-state index contributed by atoms with van der Waals surface area (Å²) in [6.45, 7) is 1.97. The van der Waals surface area contributed by atoms with Gasteiger partial charge in [0.1, 0.15) is 12.4 Å². The molecule has 0 bridgehead atoms. The lowest BCUT2D eigenvalue weighted by Crippen LogP contribution is -2.02. The van der Waals surface area contributed by atoms with Crippen LogP contribution in [0.1, 0.15) is 27.0 Å². The number of rotatable bonds is 7. The molecule has 0 amide bonds. The lowest BCUT2D eigenvalue weighted by atomic mass is 10.0. The van der Waals surface area contributed by atoms with Crippen LogP contribution in [0.15, 0.2) is 72.8 Å². The number of hydrogen-bond donors (Lipinski definition) is 2. The number of anilines is 1. The Labute approximate surface area is 171 Å². The molecule has 0 aliphatic heterocycles. The van der Waals surface area contributed by atoms with Gasteiger partial charge in [0, 0.05) is 19.2 Å². The average Bonchev–Trinajstić information content (AvgIpc) is 2.74. The fourth-order valence-electron chi connectivity index (χ4n) is 2.78. The van der Waals surface area contributed by atoms with E-state index in [0.717, 1.165) is 29.6 Å². The van der Waals surface area contributed by atoms with Gasteiger partial charge in [-0.2, -0.15) is 0 Å². The van der Waals surface area contributed by atoms with Crippen LogP contribution in [0.5, 0.6) is 5.75 Å². The van der Waals surface area contributed by atoms with E-state index < -0.39 is 5.97 Å². The Morgan fingerprint density at radius 1 is 1.03 bits per heavy atom.